The molecule has 0 fully saturated rings. The van der Waals surface area contributed by atoms with Gasteiger partial charge in [0.15, 0.2) is 24.8 Å². The molecule has 0 amide bonds. The van der Waals surface area contributed by atoms with Gasteiger partial charge in [-0.05, 0) is 122 Å². The summed E-state index contributed by atoms with van der Waals surface area (Å²) in [7, 11) is -27.5. The van der Waals surface area contributed by atoms with Crippen molar-refractivity contribution in [3.8, 4) is 11.1 Å². The fourth-order valence-electron chi connectivity index (χ4n) is 9.36. The molecule has 438 valence electrons. The van der Waals surface area contributed by atoms with Crippen molar-refractivity contribution in [3.63, 3.8) is 0 Å². The lowest BCUT2D eigenvalue weighted by molar-refractivity contribution is -0.697. The van der Waals surface area contributed by atoms with Crippen molar-refractivity contribution in [3.05, 3.63) is 231 Å². The van der Waals surface area contributed by atoms with E-state index in [1.807, 2.05) is 0 Å². The standard InChI is InChI=1S/C58H62N2P2.4BF4/c1(3-25-49-61(53-27-11-5-12-28-53,54-29-13-6-14-30-54)55-31-15-7-16-32-55)23-43-59-45-39-51(40-46-59)52-41-47-60(48-42-52)44-24-2-4-26-50-62(56-33-17-8-18-34-56,57-35-19-9-20-36-57)58-37-21-10-22-38-58;4*2-1(3,4)5/h5-22,27-42,45-48H,1-4,23-26,43-44,49-50H2;;;;/q+4;4*-1. The first kappa shape index (κ1) is 68.1. The summed E-state index contributed by atoms with van der Waals surface area (Å²) < 4.78 is 161. The zero-order valence-electron chi connectivity index (χ0n) is 44.6. The molecule has 8 rings (SSSR count). The number of aryl methyl sites for hydroxylation is 2. The van der Waals surface area contributed by atoms with Gasteiger partial charge in [-0.25, -0.2) is 9.13 Å². The molecule has 0 N–H and O–H groups in total. The third kappa shape index (κ3) is 26.2. The third-order valence-electron chi connectivity index (χ3n) is 12.6. The van der Waals surface area contributed by atoms with E-state index in [0.717, 1.165) is 13.1 Å². The number of rotatable bonds is 21. The molecular formula is C58H62B4F16N2P2. The van der Waals surface area contributed by atoms with Crippen molar-refractivity contribution in [1.82, 2.24) is 0 Å². The molecule has 2 heterocycles. The molecular weight excluding hydrogens is 1130 g/mol. The maximum atomic E-state index is 9.75. The molecule has 0 aliphatic carbocycles. The molecule has 0 saturated carbocycles. The lowest BCUT2D eigenvalue weighted by atomic mass is 10.1. The maximum absolute atomic E-state index is 9.75. The quantitative estimate of drug-likeness (QED) is 0.0223. The normalized spacial score (nSPS) is 11.8. The number of unbranched alkanes of at least 4 members (excludes halogenated alkanes) is 6. The second kappa shape index (κ2) is 33.7. The maximum Gasteiger partial charge on any atom is 0.673 e. The van der Waals surface area contributed by atoms with E-state index < -0.39 is 43.5 Å². The number of nitrogens with zero attached hydrogens (tertiary/aromatic N) is 2. The summed E-state index contributed by atoms with van der Waals surface area (Å²) in [6, 6.07) is 76.9. The van der Waals surface area contributed by atoms with Crippen LogP contribution in [0.3, 0.4) is 0 Å². The molecule has 6 aromatic carbocycles. The Kier molecular flexibility index (Phi) is 28.0. The van der Waals surface area contributed by atoms with Crippen LogP contribution in [0.15, 0.2) is 231 Å². The van der Waals surface area contributed by atoms with Crippen LogP contribution >= 0.6 is 14.5 Å². The largest absolute Gasteiger partial charge is 0.673 e. The fourth-order valence-corrected chi connectivity index (χ4v) is 18.2. The summed E-state index contributed by atoms with van der Waals surface area (Å²) >= 11 is 0. The number of hydrogen-bond acceptors (Lipinski definition) is 0. The van der Waals surface area contributed by atoms with Gasteiger partial charge in [0.25, 0.3) is 0 Å². The topological polar surface area (TPSA) is 7.76 Å². The lowest BCUT2D eigenvalue weighted by Crippen LogP contribution is -2.33. The molecule has 8 aromatic rings. The zero-order valence-corrected chi connectivity index (χ0v) is 46.4. The van der Waals surface area contributed by atoms with Crippen LogP contribution in [0.4, 0.5) is 69.1 Å². The monoisotopic (exact) mass is 1200 g/mol. The summed E-state index contributed by atoms with van der Waals surface area (Å²) in [5.41, 5.74) is 2.55. The Labute approximate surface area is 470 Å². The molecule has 0 radical (unpaired) electrons. The minimum absolute atomic E-state index is 1.05. The van der Waals surface area contributed by atoms with E-state index in [9.17, 15) is 69.1 Å². The van der Waals surface area contributed by atoms with Crippen LogP contribution in [0.1, 0.15) is 51.4 Å². The van der Waals surface area contributed by atoms with Crippen molar-refractivity contribution in [2.24, 2.45) is 0 Å². The first-order chi connectivity index (χ1) is 38.8. The SMILES string of the molecule is F[B-](F)(F)F.F[B-](F)(F)F.F[B-](F)(F)F.F[B-](F)(F)F.c1ccc([P+](CCCCCC[n+]2ccc(-c3cc[n+](CCCCCC[P+](c4ccccc4)(c4ccccc4)c4ccccc4)cc3)cc2)(c2ccccc2)c2ccccc2)cc1. The molecule has 2 aromatic heterocycles. The highest BCUT2D eigenvalue weighted by Crippen LogP contribution is 2.57. The van der Waals surface area contributed by atoms with E-state index >= 15 is 0 Å². The van der Waals surface area contributed by atoms with Crippen molar-refractivity contribution in [1.29, 1.82) is 0 Å². The molecule has 2 nitrogen and oxygen atoms in total. The fraction of sp³-hybridized carbons (Fsp3) is 0.207. The van der Waals surface area contributed by atoms with Crippen LogP contribution in [-0.2, 0) is 13.1 Å². The van der Waals surface area contributed by atoms with Gasteiger partial charge in [0.1, 0.15) is 59.4 Å². The van der Waals surface area contributed by atoms with E-state index in [1.165, 1.54) is 107 Å². The Balaban J connectivity index is 0.000000622. The zero-order chi connectivity index (χ0) is 60.1. The molecule has 82 heavy (non-hydrogen) atoms. The number of hydrogen-bond donors (Lipinski definition) is 0. The summed E-state index contributed by atoms with van der Waals surface area (Å²) in [6.07, 6.45) is 21.3. The number of aromatic nitrogens is 2. The molecule has 0 aliphatic heterocycles. The second-order valence-electron chi connectivity index (χ2n) is 18.5. The van der Waals surface area contributed by atoms with Crippen molar-refractivity contribution in [2.75, 3.05) is 12.3 Å². The summed E-state index contributed by atoms with van der Waals surface area (Å²) in [4.78, 5) is 0. The summed E-state index contributed by atoms with van der Waals surface area (Å²) in [5.74, 6) is 0. The first-order valence-electron chi connectivity index (χ1n) is 26.3. The smallest absolute Gasteiger partial charge is 0.418 e. The molecule has 0 saturated heterocycles. The Morgan fingerprint density at radius 3 is 0.585 bits per heavy atom. The number of pyridine rings is 2. The van der Waals surface area contributed by atoms with Crippen molar-refractivity contribution < 1.29 is 78.2 Å². The highest BCUT2D eigenvalue weighted by Gasteiger charge is 2.45. The predicted molar refractivity (Wildman–Crippen MR) is 310 cm³/mol. The minimum atomic E-state index is -6.00. The van der Waals surface area contributed by atoms with Crippen LogP contribution in [0.2, 0.25) is 0 Å². The molecule has 0 bridgehead atoms. The van der Waals surface area contributed by atoms with Gasteiger partial charge in [0, 0.05) is 37.1 Å². The van der Waals surface area contributed by atoms with Gasteiger partial charge in [-0.3, -0.25) is 0 Å². The second-order valence-corrected chi connectivity index (χ2v) is 25.8. The van der Waals surface area contributed by atoms with E-state index in [-0.39, 0.29) is 0 Å². The van der Waals surface area contributed by atoms with Gasteiger partial charge in [0.05, 0.1) is 12.3 Å². The van der Waals surface area contributed by atoms with Gasteiger partial charge >= 0.3 is 29.0 Å². The van der Waals surface area contributed by atoms with Gasteiger partial charge in [0.2, 0.25) is 0 Å². The van der Waals surface area contributed by atoms with Gasteiger partial charge in [-0.2, -0.15) is 0 Å². The van der Waals surface area contributed by atoms with Gasteiger partial charge < -0.3 is 69.1 Å². The van der Waals surface area contributed by atoms with Crippen LogP contribution in [0, 0.1) is 0 Å². The van der Waals surface area contributed by atoms with Crippen LogP contribution in [0.25, 0.3) is 11.1 Å². The average molecular weight is 1200 g/mol. The number of benzene rings is 6. The van der Waals surface area contributed by atoms with Crippen LogP contribution in [-0.4, -0.2) is 41.3 Å². The minimum Gasteiger partial charge on any atom is -0.418 e. The molecule has 24 heteroatoms. The Hall–Kier alpha value is -6.38. The van der Waals surface area contributed by atoms with Crippen LogP contribution in [0.5, 0.6) is 0 Å². The van der Waals surface area contributed by atoms with Crippen LogP contribution < -0.4 is 41.0 Å². The molecule has 0 unspecified atom stereocenters. The Bertz CT molecular complexity index is 2510. The number of halogens is 16. The van der Waals surface area contributed by atoms with Crippen molar-refractivity contribution >= 4 is 75.4 Å². The Morgan fingerprint density at radius 1 is 0.232 bits per heavy atom. The molecule has 0 spiro atoms. The average Bonchev–Trinajstić information content (AvgIpc) is 2.56. The lowest BCUT2D eigenvalue weighted by Gasteiger charge is -2.27. The highest BCUT2D eigenvalue weighted by atomic mass is 31.2. The van der Waals surface area contributed by atoms with Gasteiger partial charge in [-0.1, -0.05) is 109 Å². The highest BCUT2D eigenvalue weighted by molar-refractivity contribution is 7.96. The first-order valence-corrected chi connectivity index (χ1v) is 30.3. The third-order valence-corrected chi connectivity index (χ3v) is 21.7. The predicted octanol–water partition coefficient (Wildman–Crippen LogP) is 16.2. The summed E-state index contributed by atoms with van der Waals surface area (Å²) in [5, 5.41) is 8.91. The molecule has 0 atom stereocenters. The van der Waals surface area contributed by atoms with E-state index in [0.29, 0.717) is 0 Å². The van der Waals surface area contributed by atoms with Crippen molar-refractivity contribution in [2.45, 2.75) is 64.5 Å². The molecule has 0 aliphatic rings. The van der Waals surface area contributed by atoms with Gasteiger partial charge in [-0.15, -0.1) is 0 Å². The summed E-state index contributed by atoms with van der Waals surface area (Å²) in [6.45, 7) is 2.11. The van der Waals surface area contributed by atoms with E-state index in [4.69, 9.17) is 0 Å². The van der Waals surface area contributed by atoms with E-state index in [2.05, 4.69) is 240 Å². The van der Waals surface area contributed by atoms with E-state index in [1.54, 1.807) is 0 Å². The Morgan fingerprint density at radius 2 is 0.402 bits per heavy atom.